The minimum atomic E-state index is -4.55. The minimum Gasteiger partial charge on any atom is -0.339 e. The van der Waals surface area contributed by atoms with E-state index in [2.05, 4.69) is 15.7 Å². The van der Waals surface area contributed by atoms with Crippen molar-refractivity contribution in [2.45, 2.75) is 77.1 Å². The Balaban J connectivity index is 1.77. The summed E-state index contributed by atoms with van der Waals surface area (Å²) in [4.78, 5) is 39.4. The van der Waals surface area contributed by atoms with Gasteiger partial charge < -0.3 is 15.5 Å². The molecule has 0 saturated heterocycles. The molecule has 2 aromatic rings. The molecule has 1 heterocycles. The number of alkyl halides is 3. The summed E-state index contributed by atoms with van der Waals surface area (Å²) in [6.45, 7) is 2.29. The van der Waals surface area contributed by atoms with Gasteiger partial charge in [-0.2, -0.15) is 18.3 Å². The first-order valence-corrected chi connectivity index (χ1v) is 13.2. The van der Waals surface area contributed by atoms with Gasteiger partial charge >= 0.3 is 6.18 Å². The van der Waals surface area contributed by atoms with Crippen LogP contribution in [0.4, 0.5) is 23.2 Å². The number of nitrogens with zero attached hydrogens (tertiary/aromatic N) is 3. The molecular formula is C27H35F4N5O3. The molecule has 1 aliphatic rings. The number of carbonyl (C=O) groups is 3. The molecule has 1 aromatic carbocycles. The number of aromatic nitrogens is 2. The molecular weight excluding hydrogens is 518 g/mol. The number of aryl methyl sites for hydroxylation is 1. The van der Waals surface area contributed by atoms with E-state index in [4.69, 9.17) is 0 Å². The van der Waals surface area contributed by atoms with Crippen molar-refractivity contribution < 1.29 is 31.9 Å². The molecule has 214 valence electrons. The Hall–Kier alpha value is -3.44. The summed E-state index contributed by atoms with van der Waals surface area (Å²) in [6, 6.07) is 4.34. The fourth-order valence-electron chi connectivity index (χ4n) is 4.97. The van der Waals surface area contributed by atoms with E-state index < -0.39 is 48.2 Å². The zero-order chi connectivity index (χ0) is 28.7. The van der Waals surface area contributed by atoms with Gasteiger partial charge in [-0.25, -0.2) is 4.39 Å². The van der Waals surface area contributed by atoms with Crippen molar-refractivity contribution >= 4 is 23.4 Å². The Labute approximate surface area is 225 Å². The highest BCUT2D eigenvalue weighted by molar-refractivity contribution is 6.00. The van der Waals surface area contributed by atoms with Crippen LogP contribution in [0.1, 0.15) is 74.3 Å². The van der Waals surface area contributed by atoms with E-state index >= 15 is 4.39 Å². The molecule has 0 radical (unpaired) electrons. The number of halogens is 4. The van der Waals surface area contributed by atoms with E-state index in [1.165, 1.54) is 29.9 Å². The Kier molecular flexibility index (Phi) is 10.1. The number of hydrogen-bond donors (Lipinski definition) is 2. The maximum absolute atomic E-state index is 15.0. The van der Waals surface area contributed by atoms with Crippen LogP contribution in [0.25, 0.3) is 0 Å². The highest BCUT2D eigenvalue weighted by Crippen LogP contribution is 2.28. The fraction of sp³-hybridized carbons (Fsp3) is 0.556. The molecule has 3 rings (SSSR count). The van der Waals surface area contributed by atoms with Crippen LogP contribution >= 0.6 is 0 Å². The van der Waals surface area contributed by atoms with E-state index in [1.807, 2.05) is 6.92 Å². The van der Waals surface area contributed by atoms with Crippen molar-refractivity contribution in [2.24, 2.45) is 5.92 Å². The van der Waals surface area contributed by atoms with Gasteiger partial charge in [0, 0.05) is 19.8 Å². The molecule has 0 spiro atoms. The lowest BCUT2D eigenvalue weighted by Gasteiger charge is -2.27. The SMILES string of the molecule is CCn1nccc1C(=O)NC(C(=O)Nc1ccc(C(C)C(=O)N(C)CC(F)(F)F)cc1F)C1CCCCCC1. The zero-order valence-electron chi connectivity index (χ0n) is 22.4. The van der Waals surface area contributed by atoms with Crippen LogP contribution in [-0.4, -0.2) is 58.2 Å². The predicted octanol–water partition coefficient (Wildman–Crippen LogP) is 4.87. The number of amides is 3. The standard InChI is InChI=1S/C27H35F4N5O3/c1-4-36-22(13-14-32-36)24(37)34-23(18-9-7-5-6-8-10-18)25(38)33-21-12-11-19(15-20(21)28)17(2)26(39)35(3)16-27(29,30)31/h11-15,17-18,23H,4-10,16H2,1-3H3,(H,33,38)(H,34,37). The maximum atomic E-state index is 15.0. The molecule has 1 aliphatic carbocycles. The summed E-state index contributed by atoms with van der Waals surface area (Å²) >= 11 is 0. The summed E-state index contributed by atoms with van der Waals surface area (Å²) in [6.07, 6.45) is 2.31. The van der Waals surface area contributed by atoms with E-state index in [0.29, 0.717) is 17.1 Å². The van der Waals surface area contributed by atoms with Crippen LogP contribution < -0.4 is 10.6 Å². The van der Waals surface area contributed by atoms with Gasteiger partial charge in [0.15, 0.2) is 0 Å². The lowest BCUT2D eigenvalue weighted by atomic mass is 9.90. The van der Waals surface area contributed by atoms with Crippen LogP contribution in [0, 0.1) is 11.7 Å². The molecule has 2 atom stereocenters. The number of benzene rings is 1. The lowest BCUT2D eigenvalue weighted by Crippen LogP contribution is -2.49. The van der Waals surface area contributed by atoms with E-state index in [9.17, 15) is 27.6 Å². The average molecular weight is 554 g/mol. The molecule has 1 saturated carbocycles. The van der Waals surface area contributed by atoms with Crippen molar-refractivity contribution in [3.63, 3.8) is 0 Å². The summed E-state index contributed by atoms with van der Waals surface area (Å²) in [5.74, 6) is -3.85. The zero-order valence-corrected chi connectivity index (χ0v) is 22.4. The van der Waals surface area contributed by atoms with Crippen molar-refractivity contribution in [1.82, 2.24) is 20.0 Å². The van der Waals surface area contributed by atoms with Gasteiger partial charge in [-0.3, -0.25) is 19.1 Å². The monoisotopic (exact) mass is 553 g/mol. The molecule has 8 nitrogen and oxygen atoms in total. The lowest BCUT2D eigenvalue weighted by molar-refractivity contribution is -0.159. The van der Waals surface area contributed by atoms with Crippen molar-refractivity contribution in [2.75, 3.05) is 18.9 Å². The first-order valence-electron chi connectivity index (χ1n) is 13.2. The van der Waals surface area contributed by atoms with Crippen LogP contribution in [0.2, 0.25) is 0 Å². The summed E-state index contributed by atoms with van der Waals surface area (Å²) in [5.41, 5.74) is 0.332. The molecule has 3 amide bonds. The molecule has 0 bridgehead atoms. The molecule has 0 aliphatic heterocycles. The third-order valence-electron chi connectivity index (χ3n) is 7.10. The predicted molar refractivity (Wildman–Crippen MR) is 137 cm³/mol. The van der Waals surface area contributed by atoms with Gasteiger partial charge in [0.1, 0.15) is 24.1 Å². The minimum absolute atomic E-state index is 0.140. The number of carbonyl (C=O) groups excluding carboxylic acids is 3. The van der Waals surface area contributed by atoms with Crippen LogP contribution in [0.15, 0.2) is 30.5 Å². The quantitative estimate of drug-likeness (QED) is 0.342. The Morgan fingerprint density at radius 3 is 2.38 bits per heavy atom. The maximum Gasteiger partial charge on any atom is 0.406 e. The van der Waals surface area contributed by atoms with Gasteiger partial charge in [0.2, 0.25) is 11.8 Å². The number of hydrogen-bond acceptors (Lipinski definition) is 4. The van der Waals surface area contributed by atoms with E-state index in [0.717, 1.165) is 51.6 Å². The summed E-state index contributed by atoms with van der Waals surface area (Å²) in [7, 11) is 1.03. The van der Waals surface area contributed by atoms with E-state index in [-0.39, 0.29) is 17.2 Å². The van der Waals surface area contributed by atoms with Gasteiger partial charge in [-0.15, -0.1) is 0 Å². The van der Waals surface area contributed by atoms with Gasteiger partial charge in [0.25, 0.3) is 5.91 Å². The van der Waals surface area contributed by atoms with Crippen LogP contribution in [0.5, 0.6) is 0 Å². The fourth-order valence-corrected chi connectivity index (χ4v) is 4.97. The van der Waals surface area contributed by atoms with Crippen LogP contribution in [-0.2, 0) is 16.1 Å². The summed E-state index contributed by atoms with van der Waals surface area (Å²) in [5, 5.41) is 9.49. The second-order valence-corrected chi connectivity index (χ2v) is 9.99. The summed E-state index contributed by atoms with van der Waals surface area (Å²) < 4.78 is 54.6. The first kappa shape index (κ1) is 30.1. The third kappa shape index (κ3) is 8.03. The Bertz CT molecular complexity index is 1160. The number of likely N-dealkylation sites (N-methyl/N-ethyl adjacent to an activating group) is 1. The second kappa shape index (κ2) is 13.1. The Morgan fingerprint density at radius 2 is 1.79 bits per heavy atom. The first-order chi connectivity index (χ1) is 18.4. The topological polar surface area (TPSA) is 96.3 Å². The Morgan fingerprint density at radius 1 is 1.13 bits per heavy atom. The van der Waals surface area contributed by atoms with Gasteiger partial charge in [-0.1, -0.05) is 31.7 Å². The van der Waals surface area contributed by atoms with Gasteiger partial charge in [0.05, 0.1) is 11.6 Å². The molecule has 2 unspecified atom stereocenters. The normalized spacial score (nSPS) is 16.2. The highest BCUT2D eigenvalue weighted by Gasteiger charge is 2.34. The third-order valence-corrected chi connectivity index (χ3v) is 7.10. The van der Waals surface area contributed by atoms with Gasteiger partial charge in [-0.05, 0) is 56.4 Å². The molecule has 39 heavy (non-hydrogen) atoms. The van der Waals surface area contributed by atoms with Crippen molar-refractivity contribution in [3.05, 3.63) is 47.5 Å². The molecule has 12 heteroatoms. The molecule has 1 aromatic heterocycles. The van der Waals surface area contributed by atoms with Crippen molar-refractivity contribution in [1.29, 1.82) is 0 Å². The molecule has 1 fully saturated rings. The largest absolute Gasteiger partial charge is 0.406 e. The smallest absolute Gasteiger partial charge is 0.339 e. The number of rotatable bonds is 9. The van der Waals surface area contributed by atoms with Crippen LogP contribution in [0.3, 0.4) is 0 Å². The highest BCUT2D eigenvalue weighted by atomic mass is 19.4. The van der Waals surface area contributed by atoms with E-state index in [1.54, 1.807) is 6.07 Å². The second-order valence-electron chi connectivity index (χ2n) is 9.99. The molecule has 2 N–H and O–H groups in total. The number of anilines is 1. The number of nitrogens with one attached hydrogen (secondary N) is 2. The van der Waals surface area contributed by atoms with Crippen molar-refractivity contribution in [3.8, 4) is 0 Å². The average Bonchev–Trinajstić information content (AvgIpc) is 3.20.